The molecule has 1 aromatic carbocycles. The summed E-state index contributed by atoms with van der Waals surface area (Å²) in [4.78, 5) is 23.3. The van der Waals surface area contributed by atoms with E-state index in [-0.39, 0.29) is 19.4 Å². The minimum Gasteiger partial charge on any atom is -0.462 e. The molecule has 0 aliphatic carbocycles. The highest BCUT2D eigenvalue weighted by atomic mass is 127. The molecule has 0 amide bonds. The van der Waals surface area contributed by atoms with Gasteiger partial charge in [0, 0.05) is 17.1 Å². The lowest BCUT2D eigenvalue weighted by Crippen LogP contribution is -2.34. The molecule has 1 N–H and O–H groups in total. The lowest BCUT2D eigenvalue weighted by atomic mass is 10.2. The molecule has 0 radical (unpaired) electrons. The molecule has 1 aromatic rings. The van der Waals surface area contributed by atoms with Gasteiger partial charge in [-0.3, -0.25) is 9.35 Å². The summed E-state index contributed by atoms with van der Waals surface area (Å²) in [5.41, 5.74) is 0.372. The molecule has 26 heavy (non-hydrogen) atoms. The van der Waals surface area contributed by atoms with Crippen molar-refractivity contribution in [3.63, 3.8) is 0 Å². The van der Waals surface area contributed by atoms with Gasteiger partial charge >= 0.3 is 27.3 Å². The number of rotatable bonds is 8. The fourth-order valence-electron chi connectivity index (χ4n) is 1.47. The molecule has 0 fully saturated rings. The molecule has 0 aliphatic heterocycles. The van der Waals surface area contributed by atoms with Crippen LogP contribution in [0.5, 0.6) is 0 Å². The number of carbonyl (C=O) groups is 2. The van der Waals surface area contributed by atoms with E-state index in [0.29, 0.717) is 5.56 Å². The number of hydrogen-bond acceptors (Lipinski definition) is 6. The van der Waals surface area contributed by atoms with E-state index >= 15 is 0 Å². The summed E-state index contributed by atoms with van der Waals surface area (Å²) in [7, 11) is -5.66. The van der Waals surface area contributed by atoms with E-state index in [2.05, 4.69) is 49.9 Å². The average Bonchev–Trinajstić information content (AvgIpc) is 2.51. The molecule has 0 bridgehead atoms. The fourth-order valence-corrected chi connectivity index (χ4v) is 4.06. The summed E-state index contributed by atoms with van der Waals surface area (Å²) in [6.07, 6.45) is -0.366. The molecule has 146 valence electrons. The molecule has 0 heterocycles. The number of halogens is 5. The molecule has 0 unspecified atom stereocenters. The smallest absolute Gasteiger partial charge is 0.402 e. The summed E-state index contributed by atoms with van der Waals surface area (Å²) in [5, 5.41) is -4.58. The molecular weight excluding hydrogens is 719 g/mol. The third-order valence-electron chi connectivity index (χ3n) is 2.75. The van der Waals surface area contributed by atoms with Crippen LogP contribution in [-0.2, 0) is 24.4 Å². The highest BCUT2D eigenvalue weighted by Gasteiger charge is 2.45. The Labute approximate surface area is 188 Å². The van der Waals surface area contributed by atoms with Crippen molar-refractivity contribution in [1.82, 2.24) is 0 Å². The third-order valence-corrected chi connectivity index (χ3v) is 7.29. The molecule has 0 aromatic heterocycles. The van der Waals surface area contributed by atoms with E-state index in [0.717, 1.165) is 10.7 Å². The highest BCUT2D eigenvalue weighted by molar-refractivity contribution is 14.1. The van der Waals surface area contributed by atoms with Crippen LogP contribution in [0.15, 0.2) is 12.1 Å². The summed E-state index contributed by atoms with van der Waals surface area (Å²) < 4.78 is 66.4. The standard InChI is InChI=1S/C13H11F2I3O7S/c14-13(15,26(21,22)23)6-25-10(19)2-1-3-24-12(20)8-4-7(16)5-9(17)11(8)18/h4-5H,1-3,6H2,(H,21,22,23). The van der Waals surface area contributed by atoms with Gasteiger partial charge in [-0.15, -0.1) is 0 Å². The Morgan fingerprint density at radius 3 is 2.35 bits per heavy atom. The molecule has 0 spiro atoms. The molecule has 0 atom stereocenters. The van der Waals surface area contributed by atoms with Crippen molar-refractivity contribution in [3.8, 4) is 0 Å². The van der Waals surface area contributed by atoms with Crippen molar-refractivity contribution in [3.05, 3.63) is 28.4 Å². The van der Waals surface area contributed by atoms with Gasteiger partial charge in [0.25, 0.3) is 0 Å². The number of esters is 2. The second kappa shape index (κ2) is 10.1. The van der Waals surface area contributed by atoms with Crippen LogP contribution in [0.25, 0.3) is 0 Å². The van der Waals surface area contributed by atoms with Crippen LogP contribution in [-0.4, -0.2) is 43.4 Å². The van der Waals surface area contributed by atoms with Crippen LogP contribution >= 0.6 is 67.8 Å². The summed E-state index contributed by atoms with van der Waals surface area (Å²) in [6.45, 7) is -1.94. The van der Waals surface area contributed by atoms with Gasteiger partial charge in [-0.1, -0.05) is 0 Å². The zero-order valence-corrected chi connectivity index (χ0v) is 20.0. The van der Waals surface area contributed by atoms with E-state index in [4.69, 9.17) is 9.29 Å². The highest BCUT2D eigenvalue weighted by Crippen LogP contribution is 2.24. The first-order valence-corrected chi connectivity index (χ1v) is 11.3. The average molecular weight is 730 g/mol. The normalized spacial score (nSPS) is 11.9. The Morgan fingerprint density at radius 1 is 1.15 bits per heavy atom. The van der Waals surface area contributed by atoms with Crippen molar-refractivity contribution in [2.75, 3.05) is 13.2 Å². The Morgan fingerprint density at radius 2 is 1.77 bits per heavy atom. The Kier molecular flexibility index (Phi) is 9.34. The SMILES string of the molecule is O=C(CCCOC(=O)c1cc(I)cc(I)c1I)OCC(F)(F)S(=O)(=O)O. The van der Waals surface area contributed by atoms with Gasteiger partial charge in [-0.2, -0.15) is 17.2 Å². The summed E-state index contributed by atoms with van der Waals surface area (Å²) >= 11 is 6.14. The molecule has 0 saturated carbocycles. The van der Waals surface area contributed by atoms with Crippen molar-refractivity contribution < 1.29 is 40.8 Å². The van der Waals surface area contributed by atoms with E-state index in [1.54, 1.807) is 6.07 Å². The van der Waals surface area contributed by atoms with Crippen LogP contribution in [0.4, 0.5) is 8.78 Å². The minimum absolute atomic E-state index is 0.000380. The largest absolute Gasteiger partial charge is 0.462 e. The van der Waals surface area contributed by atoms with Crippen LogP contribution < -0.4 is 0 Å². The molecule has 0 aliphatic rings. The first kappa shape index (κ1) is 24.2. The molecule has 7 nitrogen and oxygen atoms in total. The number of benzene rings is 1. The lowest BCUT2D eigenvalue weighted by Gasteiger charge is -2.13. The third kappa shape index (κ3) is 7.27. The second-order valence-corrected chi connectivity index (χ2v) is 9.80. The maximum atomic E-state index is 12.9. The molecule has 1 rings (SSSR count). The number of carbonyl (C=O) groups excluding carboxylic acids is 2. The number of alkyl halides is 2. The van der Waals surface area contributed by atoms with Gasteiger partial charge in [0.05, 0.1) is 12.2 Å². The predicted octanol–water partition coefficient (Wildman–Crippen LogP) is 3.46. The van der Waals surface area contributed by atoms with Crippen molar-refractivity contribution in [2.24, 2.45) is 0 Å². The van der Waals surface area contributed by atoms with Gasteiger partial charge in [-0.05, 0) is 86.3 Å². The first-order valence-electron chi connectivity index (χ1n) is 6.67. The fraction of sp³-hybridized carbons (Fsp3) is 0.385. The zero-order valence-electron chi connectivity index (χ0n) is 12.7. The summed E-state index contributed by atoms with van der Waals surface area (Å²) in [6, 6.07) is 3.54. The van der Waals surface area contributed by atoms with E-state index in [1.165, 1.54) is 0 Å². The number of hydrogen-bond donors (Lipinski definition) is 1. The lowest BCUT2D eigenvalue weighted by molar-refractivity contribution is -0.149. The van der Waals surface area contributed by atoms with Gasteiger partial charge in [0.15, 0.2) is 6.61 Å². The quantitative estimate of drug-likeness (QED) is 0.144. The van der Waals surface area contributed by atoms with Gasteiger partial charge < -0.3 is 9.47 Å². The van der Waals surface area contributed by atoms with Crippen LogP contribution in [0, 0.1) is 10.7 Å². The maximum Gasteiger partial charge on any atom is 0.402 e. The van der Waals surface area contributed by atoms with Crippen LogP contribution in [0.1, 0.15) is 23.2 Å². The van der Waals surface area contributed by atoms with Crippen molar-refractivity contribution in [2.45, 2.75) is 18.1 Å². The second-order valence-electron chi connectivity index (χ2n) is 4.76. The molecular formula is C13H11F2I3O7S. The van der Waals surface area contributed by atoms with Crippen LogP contribution in [0.3, 0.4) is 0 Å². The van der Waals surface area contributed by atoms with Crippen molar-refractivity contribution in [1.29, 1.82) is 0 Å². The van der Waals surface area contributed by atoms with Crippen molar-refractivity contribution >= 4 is 89.8 Å². The van der Waals surface area contributed by atoms with Gasteiger partial charge in [0.1, 0.15) is 0 Å². The van der Waals surface area contributed by atoms with E-state index < -0.39 is 33.9 Å². The molecule has 0 saturated heterocycles. The number of ether oxygens (including phenoxy) is 2. The summed E-state index contributed by atoms with van der Waals surface area (Å²) in [5.74, 6) is -1.69. The topological polar surface area (TPSA) is 107 Å². The predicted molar refractivity (Wildman–Crippen MR) is 112 cm³/mol. The molecule has 13 heteroatoms. The van der Waals surface area contributed by atoms with Crippen LogP contribution in [0.2, 0.25) is 0 Å². The van der Waals surface area contributed by atoms with E-state index in [1.807, 2.05) is 28.7 Å². The minimum atomic E-state index is -5.66. The van der Waals surface area contributed by atoms with E-state index in [9.17, 15) is 26.8 Å². The van der Waals surface area contributed by atoms with Gasteiger partial charge in [-0.25, -0.2) is 4.79 Å². The Balaban J connectivity index is 2.43. The Bertz CT molecular complexity index is 799. The van der Waals surface area contributed by atoms with Gasteiger partial charge in [0.2, 0.25) is 0 Å². The maximum absolute atomic E-state index is 12.9. The monoisotopic (exact) mass is 730 g/mol. The Hall–Kier alpha value is 0.120. The first-order chi connectivity index (χ1) is 11.8. The zero-order chi connectivity index (χ0) is 20.1.